The van der Waals surface area contributed by atoms with Crippen LogP contribution in [0, 0.1) is 0 Å². The summed E-state index contributed by atoms with van der Waals surface area (Å²) in [6.45, 7) is 0. The number of rotatable bonds is 2. The highest BCUT2D eigenvalue weighted by Gasteiger charge is 2.09. The van der Waals surface area contributed by atoms with Crippen molar-refractivity contribution in [2.75, 3.05) is 0 Å². The zero-order valence-corrected chi connectivity index (χ0v) is 14.8. The summed E-state index contributed by atoms with van der Waals surface area (Å²) in [5, 5.41) is 10.5. The van der Waals surface area contributed by atoms with Gasteiger partial charge in [-0.1, -0.05) is 18.2 Å². The van der Waals surface area contributed by atoms with Gasteiger partial charge in [0.15, 0.2) is 0 Å². The molecule has 5 nitrogen and oxygen atoms in total. The molecule has 3 heterocycles. The van der Waals surface area contributed by atoms with Crippen LogP contribution in [0.1, 0.15) is 0 Å². The van der Waals surface area contributed by atoms with Crippen LogP contribution in [0.15, 0.2) is 79.3 Å². The lowest BCUT2D eigenvalue weighted by Crippen LogP contribution is -1.81. The van der Waals surface area contributed by atoms with Gasteiger partial charge < -0.3 is 4.98 Å². The van der Waals surface area contributed by atoms with Crippen molar-refractivity contribution in [3.63, 3.8) is 0 Å². The first kappa shape index (κ1) is 15.1. The highest BCUT2D eigenvalue weighted by atomic mass is 15.1. The minimum Gasteiger partial charge on any atom is -0.338 e. The molecular weight excluding hydrogens is 346 g/mol. The van der Waals surface area contributed by atoms with Crippen LogP contribution in [-0.4, -0.2) is 25.1 Å². The predicted octanol–water partition coefficient (Wildman–Crippen LogP) is 5.32. The molecule has 0 bridgehead atoms. The number of aromatic nitrogens is 5. The first-order valence-electron chi connectivity index (χ1n) is 9.11. The molecule has 28 heavy (non-hydrogen) atoms. The fourth-order valence-electron chi connectivity index (χ4n) is 3.68. The lowest BCUT2D eigenvalue weighted by molar-refractivity contribution is 1.12. The molecule has 0 saturated heterocycles. The summed E-state index contributed by atoms with van der Waals surface area (Å²) in [4.78, 5) is 12.5. The van der Waals surface area contributed by atoms with Crippen LogP contribution < -0.4 is 0 Å². The van der Waals surface area contributed by atoms with E-state index >= 15 is 0 Å². The zero-order chi connectivity index (χ0) is 18.5. The van der Waals surface area contributed by atoms with Crippen molar-refractivity contribution in [3.8, 4) is 22.5 Å². The van der Waals surface area contributed by atoms with E-state index in [1.165, 1.54) is 5.39 Å². The predicted molar refractivity (Wildman–Crippen MR) is 112 cm³/mol. The normalized spacial score (nSPS) is 11.6. The van der Waals surface area contributed by atoms with E-state index < -0.39 is 0 Å². The van der Waals surface area contributed by atoms with Crippen LogP contribution in [0.5, 0.6) is 0 Å². The number of imidazole rings is 1. The van der Waals surface area contributed by atoms with Gasteiger partial charge in [0.05, 0.1) is 22.7 Å². The van der Waals surface area contributed by atoms with Crippen molar-refractivity contribution < 1.29 is 0 Å². The van der Waals surface area contributed by atoms with Gasteiger partial charge in [-0.2, -0.15) is 5.10 Å². The molecule has 0 radical (unpaired) electrons. The summed E-state index contributed by atoms with van der Waals surface area (Å²) >= 11 is 0. The summed E-state index contributed by atoms with van der Waals surface area (Å²) < 4.78 is 0. The maximum absolute atomic E-state index is 4.82. The number of hydrogen-bond acceptors (Lipinski definition) is 3. The van der Waals surface area contributed by atoms with Crippen LogP contribution in [0.25, 0.3) is 55.2 Å². The summed E-state index contributed by atoms with van der Waals surface area (Å²) in [5.41, 5.74) is 6.34. The first-order chi connectivity index (χ1) is 13.8. The molecule has 0 unspecified atom stereocenters. The lowest BCUT2D eigenvalue weighted by atomic mass is 10.0. The number of pyridine rings is 1. The second-order valence-corrected chi connectivity index (χ2v) is 6.93. The van der Waals surface area contributed by atoms with E-state index in [4.69, 9.17) is 4.98 Å². The number of H-pyrrole nitrogens is 2. The molecule has 0 saturated carbocycles. The minimum absolute atomic E-state index is 0.859. The van der Waals surface area contributed by atoms with Crippen molar-refractivity contribution >= 4 is 32.7 Å². The standard InChI is InChI=1S/C23H15N5/c1-2-15(9-18-12-24-8-7-14(1)18)16-3-6-21-22(11-16)27-23(26-21)17-4-5-20-19(10-17)13-25-28-20/h1-13H,(H,25,28)(H,26,27). The van der Waals surface area contributed by atoms with Crippen molar-refractivity contribution in [3.05, 3.63) is 79.3 Å². The van der Waals surface area contributed by atoms with E-state index in [-0.39, 0.29) is 0 Å². The molecule has 0 aliphatic rings. The number of benzene rings is 3. The molecule has 0 amide bonds. The summed E-state index contributed by atoms with van der Waals surface area (Å²) in [5.74, 6) is 0.859. The quantitative estimate of drug-likeness (QED) is 0.438. The van der Waals surface area contributed by atoms with E-state index in [2.05, 4.69) is 68.7 Å². The SMILES string of the molecule is c1cc2ccc(-c3ccc4[nH]c(-c5ccc6[nH]ncc6c5)nc4c3)cc2cn1. The Bertz CT molecular complexity index is 1470. The molecule has 3 aromatic carbocycles. The highest BCUT2D eigenvalue weighted by Crippen LogP contribution is 2.29. The van der Waals surface area contributed by atoms with E-state index in [1.807, 2.05) is 30.7 Å². The van der Waals surface area contributed by atoms with E-state index in [0.717, 1.165) is 49.8 Å². The van der Waals surface area contributed by atoms with E-state index in [9.17, 15) is 0 Å². The van der Waals surface area contributed by atoms with Crippen molar-refractivity contribution in [1.29, 1.82) is 0 Å². The Hall–Kier alpha value is -3.99. The van der Waals surface area contributed by atoms with Crippen molar-refractivity contribution in [2.45, 2.75) is 0 Å². The van der Waals surface area contributed by atoms with Gasteiger partial charge in [-0.05, 0) is 59.0 Å². The smallest absolute Gasteiger partial charge is 0.138 e. The lowest BCUT2D eigenvalue weighted by Gasteiger charge is -2.04. The molecular formula is C23H15N5. The molecule has 6 aromatic rings. The van der Waals surface area contributed by atoms with Gasteiger partial charge in [0.1, 0.15) is 5.82 Å². The van der Waals surface area contributed by atoms with Gasteiger partial charge in [0, 0.05) is 28.7 Å². The molecule has 5 heteroatoms. The van der Waals surface area contributed by atoms with E-state index in [1.54, 1.807) is 0 Å². The third-order valence-electron chi connectivity index (χ3n) is 5.17. The molecule has 3 aromatic heterocycles. The summed E-state index contributed by atoms with van der Waals surface area (Å²) in [6.07, 6.45) is 5.55. The Kier molecular flexibility index (Phi) is 3.10. The Morgan fingerprint density at radius 3 is 2.46 bits per heavy atom. The zero-order valence-electron chi connectivity index (χ0n) is 14.8. The minimum atomic E-state index is 0.859. The fraction of sp³-hybridized carbons (Fsp3) is 0. The molecule has 6 rings (SSSR count). The summed E-state index contributed by atoms with van der Waals surface area (Å²) in [7, 11) is 0. The van der Waals surface area contributed by atoms with Gasteiger partial charge in [-0.25, -0.2) is 4.98 Å². The average Bonchev–Trinajstić information content (AvgIpc) is 3.39. The Morgan fingerprint density at radius 2 is 1.46 bits per heavy atom. The second kappa shape index (κ2) is 5.76. The number of nitrogens with one attached hydrogen (secondary N) is 2. The van der Waals surface area contributed by atoms with Gasteiger partial charge in [-0.15, -0.1) is 0 Å². The van der Waals surface area contributed by atoms with Gasteiger partial charge in [0.2, 0.25) is 0 Å². The van der Waals surface area contributed by atoms with Crippen LogP contribution >= 0.6 is 0 Å². The third-order valence-corrected chi connectivity index (χ3v) is 5.17. The number of hydrogen-bond donors (Lipinski definition) is 2. The van der Waals surface area contributed by atoms with Gasteiger partial charge >= 0.3 is 0 Å². The molecule has 2 N–H and O–H groups in total. The molecule has 0 aliphatic carbocycles. The van der Waals surface area contributed by atoms with Crippen LogP contribution in [0.2, 0.25) is 0 Å². The Labute approximate surface area is 160 Å². The topological polar surface area (TPSA) is 70.2 Å². The highest BCUT2D eigenvalue weighted by molar-refractivity contribution is 5.90. The maximum Gasteiger partial charge on any atom is 0.138 e. The van der Waals surface area contributed by atoms with Crippen molar-refractivity contribution in [2.24, 2.45) is 0 Å². The maximum atomic E-state index is 4.82. The van der Waals surface area contributed by atoms with Gasteiger partial charge in [0.25, 0.3) is 0 Å². The fourth-order valence-corrected chi connectivity index (χ4v) is 3.68. The summed E-state index contributed by atoms with van der Waals surface area (Å²) in [6, 6.07) is 21.0. The average molecular weight is 361 g/mol. The first-order valence-corrected chi connectivity index (χ1v) is 9.11. The van der Waals surface area contributed by atoms with Crippen LogP contribution in [-0.2, 0) is 0 Å². The van der Waals surface area contributed by atoms with E-state index in [0.29, 0.717) is 0 Å². The third kappa shape index (κ3) is 2.37. The largest absolute Gasteiger partial charge is 0.338 e. The monoisotopic (exact) mass is 361 g/mol. The van der Waals surface area contributed by atoms with Crippen LogP contribution in [0.3, 0.4) is 0 Å². The molecule has 0 aliphatic heterocycles. The molecule has 0 spiro atoms. The molecule has 132 valence electrons. The number of nitrogens with zero attached hydrogens (tertiary/aromatic N) is 3. The Morgan fingerprint density at radius 1 is 0.643 bits per heavy atom. The Balaban J connectivity index is 1.45. The number of fused-ring (bicyclic) bond motifs is 3. The van der Waals surface area contributed by atoms with Crippen LogP contribution in [0.4, 0.5) is 0 Å². The second-order valence-electron chi connectivity index (χ2n) is 6.93. The van der Waals surface area contributed by atoms with Crippen molar-refractivity contribution in [1.82, 2.24) is 25.1 Å². The van der Waals surface area contributed by atoms with Gasteiger partial charge in [-0.3, -0.25) is 10.1 Å². The number of aromatic amines is 2. The molecule has 0 fully saturated rings. The molecule has 0 atom stereocenters.